The Morgan fingerprint density at radius 3 is 2.06 bits per heavy atom. The highest BCUT2D eigenvalue weighted by molar-refractivity contribution is 6.21. The lowest BCUT2D eigenvalue weighted by Crippen LogP contribution is -2.13. The number of halogens is 1. The van der Waals surface area contributed by atoms with Crippen LogP contribution in [0.1, 0.15) is 19.4 Å². The van der Waals surface area contributed by atoms with Gasteiger partial charge in [0.1, 0.15) is 11.4 Å². The topological polar surface area (TPSA) is 43.4 Å². The minimum Gasteiger partial charge on any atom is -0.465 e. The Labute approximate surface area is 98.9 Å². The van der Waals surface area contributed by atoms with E-state index in [1.165, 1.54) is 38.3 Å². The molecule has 0 N–H and O–H groups in total. The molecule has 0 spiro atoms. The third-order valence-corrected chi connectivity index (χ3v) is 2.39. The lowest BCUT2D eigenvalue weighted by molar-refractivity contribution is -0.137. The van der Waals surface area contributed by atoms with Gasteiger partial charge in [-0.2, -0.15) is 0 Å². The molecule has 0 heterocycles. The van der Waals surface area contributed by atoms with E-state index in [4.69, 9.17) is 0 Å². The molecule has 0 unspecified atom stereocenters. The van der Waals surface area contributed by atoms with Crippen LogP contribution in [0.3, 0.4) is 0 Å². The highest BCUT2D eigenvalue weighted by Crippen LogP contribution is 2.20. The van der Waals surface area contributed by atoms with Crippen molar-refractivity contribution < 1.29 is 18.7 Å². The Bertz CT molecular complexity index is 472. The summed E-state index contributed by atoms with van der Waals surface area (Å²) in [6.45, 7) is 2.92. The van der Waals surface area contributed by atoms with Gasteiger partial charge in [0.2, 0.25) is 0 Å². The maximum absolute atomic E-state index is 12.8. The van der Waals surface area contributed by atoms with Crippen LogP contribution in [0.4, 0.5) is 4.39 Å². The fraction of sp³-hybridized carbons (Fsp3) is 0.231. The molecule has 0 bridgehead atoms. The van der Waals surface area contributed by atoms with Crippen LogP contribution >= 0.6 is 0 Å². The second-order valence-corrected chi connectivity index (χ2v) is 3.55. The van der Waals surface area contributed by atoms with Crippen molar-refractivity contribution in [2.75, 3.05) is 7.11 Å². The zero-order valence-corrected chi connectivity index (χ0v) is 9.91. The van der Waals surface area contributed by atoms with E-state index in [0.717, 1.165) is 0 Å². The summed E-state index contributed by atoms with van der Waals surface area (Å²) in [5.41, 5.74) is 1.07. The number of allylic oxidation sites excluding steroid dienone is 1. The highest BCUT2D eigenvalue weighted by Gasteiger charge is 2.19. The van der Waals surface area contributed by atoms with Crippen LogP contribution in [0.25, 0.3) is 5.57 Å². The number of esters is 1. The Kier molecular flexibility index (Phi) is 4.15. The van der Waals surface area contributed by atoms with Gasteiger partial charge in [-0.1, -0.05) is 12.1 Å². The number of benzene rings is 1. The molecule has 0 aromatic heterocycles. The van der Waals surface area contributed by atoms with E-state index >= 15 is 0 Å². The molecule has 0 radical (unpaired) electrons. The maximum Gasteiger partial charge on any atom is 0.341 e. The van der Waals surface area contributed by atoms with Gasteiger partial charge in [0.25, 0.3) is 0 Å². The third-order valence-electron chi connectivity index (χ3n) is 2.39. The van der Waals surface area contributed by atoms with Crippen LogP contribution in [-0.2, 0) is 14.3 Å². The first-order valence-corrected chi connectivity index (χ1v) is 5.03. The number of carbonyl (C=O) groups excluding carboxylic acids is 2. The van der Waals surface area contributed by atoms with Gasteiger partial charge in [0, 0.05) is 0 Å². The predicted octanol–water partition coefficient (Wildman–Crippen LogP) is 2.36. The average Bonchev–Trinajstić information content (AvgIpc) is 2.29. The van der Waals surface area contributed by atoms with Crippen LogP contribution in [-0.4, -0.2) is 18.9 Å². The van der Waals surface area contributed by atoms with Crippen LogP contribution < -0.4 is 0 Å². The number of ether oxygens (including phenoxy) is 1. The number of carbonyl (C=O) groups is 2. The molecule has 90 valence electrons. The molecule has 1 aromatic carbocycles. The second kappa shape index (κ2) is 5.39. The predicted molar refractivity (Wildman–Crippen MR) is 61.7 cm³/mol. The quantitative estimate of drug-likeness (QED) is 0.350. The molecule has 0 aliphatic heterocycles. The Morgan fingerprint density at radius 2 is 1.65 bits per heavy atom. The molecule has 4 heteroatoms. The zero-order chi connectivity index (χ0) is 13.0. The summed E-state index contributed by atoms with van der Waals surface area (Å²) in [5.74, 6) is -1.43. The molecule has 1 aromatic rings. The largest absolute Gasteiger partial charge is 0.465 e. The summed E-state index contributed by atoms with van der Waals surface area (Å²) in [7, 11) is 1.21. The molecular formula is C13H13FO3. The lowest BCUT2D eigenvalue weighted by atomic mass is 9.99. The van der Waals surface area contributed by atoms with Crippen molar-refractivity contribution in [3.63, 3.8) is 0 Å². The van der Waals surface area contributed by atoms with Gasteiger partial charge in [-0.3, -0.25) is 4.79 Å². The standard InChI is InChI=1S/C13H13FO3/c1-8(10-4-6-11(14)7-5-10)12(9(2)15)13(16)17-3/h4-7H,1-3H3. The molecule has 0 amide bonds. The van der Waals surface area contributed by atoms with Gasteiger partial charge in [0.05, 0.1) is 7.11 Å². The molecule has 17 heavy (non-hydrogen) atoms. The molecule has 0 saturated carbocycles. The average molecular weight is 236 g/mol. The van der Waals surface area contributed by atoms with Crippen molar-refractivity contribution in [1.82, 2.24) is 0 Å². The van der Waals surface area contributed by atoms with Crippen molar-refractivity contribution in [3.8, 4) is 0 Å². The van der Waals surface area contributed by atoms with Gasteiger partial charge in [-0.25, -0.2) is 9.18 Å². The van der Waals surface area contributed by atoms with Crippen molar-refractivity contribution in [3.05, 3.63) is 41.2 Å². The van der Waals surface area contributed by atoms with Gasteiger partial charge in [0.15, 0.2) is 5.78 Å². The summed E-state index contributed by atoms with van der Waals surface area (Å²) >= 11 is 0. The van der Waals surface area contributed by atoms with E-state index in [-0.39, 0.29) is 17.2 Å². The van der Waals surface area contributed by atoms with Crippen LogP contribution in [0.5, 0.6) is 0 Å². The minimum absolute atomic E-state index is 0.0147. The highest BCUT2D eigenvalue weighted by atomic mass is 19.1. The minimum atomic E-state index is -0.681. The van der Waals surface area contributed by atoms with Crippen LogP contribution in [0.15, 0.2) is 29.8 Å². The van der Waals surface area contributed by atoms with Gasteiger partial charge < -0.3 is 4.74 Å². The van der Waals surface area contributed by atoms with E-state index in [9.17, 15) is 14.0 Å². The molecule has 0 saturated heterocycles. The van der Waals surface area contributed by atoms with E-state index in [1.54, 1.807) is 6.92 Å². The first-order chi connectivity index (χ1) is 7.97. The Hall–Kier alpha value is -1.97. The van der Waals surface area contributed by atoms with Crippen molar-refractivity contribution in [2.45, 2.75) is 13.8 Å². The number of Topliss-reactive ketones (excluding diaryl/α,β-unsaturated/α-hetero) is 1. The molecule has 1 rings (SSSR count). The van der Waals surface area contributed by atoms with Crippen molar-refractivity contribution in [1.29, 1.82) is 0 Å². The van der Waals surface area contributed by atoms with Gasteiger partial charge in [-0.15, -0.1) is 0 Å². The van der Waals surface area contributed by atoms with Crippen molar-refractivity contribution >= 4 is 17.3 Å². The smallest absolute Gasteiger partial charge is 0.341 e. The van der Waals surface area contributed by atoms with E-state index in [1.807, 2.05) is 0 Å². The van der Waals surface area contributed by atoms with Crippen molar-refractivity contribution in [2.24, 2.45) is 0 Å². The first kappa shape index (κ1) is 13.1. The summed E-state index contributed by atoms with van der Waals surface area (Å²) in [6.07, 6.45) is 0. The number of hydrogen-bond acceptors (Lipinski definition) is 3. The zero-order valence-electron chi connectivity index (χ0n) is 9.91. The molecule has 0 aliphatic rings. The number of ketones is 1. The summed E-state index contributed by atoms with van der Waals surface area (Å²) in [5, 5.41) is 0. The second-order valence-electron chi connectivity index (χ2n) is 3.55. The Morgan fingerprint density at radius 1 is 1.12 bits per heavy atom. The fourth-order valence-electron chi connectivity index (χ4n) is 1.51. The normalized spacial score (nSPS) is 11.8. The summed E-state index contributed by atoms with van der Waals surface area (Å²) < 4.78 is 17.3. The third kappa shape index (κ3) is 3.00. The molecule has 3 nitrogen and oxygen atoms in total. The molecule has 0 fully saturated rings. The monoisotopic (exact) mass is 236 g/mol. The number of methoxy groups -OCH3 is 1. The number of rotatable bonds is 3. The van der Waals surface area contributed by atoms with E-state index in [0.29, 0.717) is 11.1 Å². The number of hydrogen-bond donors (Lipinski definition) is 0. The van der Waals surface area contributed by atoms with Crippen LogP contribution in [0, 0.1) is 5.82 Å². The lowest BCUT2D eigenvalue weighted by Gasteiger charge is -2.07. The summed E-state index contributed by atoms with van der Waals surface area (Å²) in [6, 6.07) is 5.56. The molecule has 0 aliphatic carbocycles. The Balaban J connectivity index is 3.29. The molecule has 0 atom stereocenters. The SMILES string of the molecule is COC(=O)C(C(C)=O)=C(C)c1ccc(F)cc1. The summed E-state index contributed by atoms with van der Waals surface area (Å²) in [4.78, 5) is 22.9. The fourth-order valence-corrected chi connectivity index (χ4v) is 1.51. The molecular weight excluding hydrogens is 223 g/mol. The van der Waals surface area contributed by atoms with Gasteiger partial charge in [-0.05, 0) is 37.1 Å². The maximum atomic E-state index is 12.8. The first-order valence-electron chi connectivity index (χ1n) is 5.03. The van der Waals surface area contributed by atoms with Crippen LogP contribution in [0.2, 0.25) is 0 Å². The van der Waals surface area contributed by atoms with Gasteiger partial charge >= 0.3 is 5.97 Å². The van der Waals surface area contributed by atoms with E-state index in [2.05, 4.69) is 4.74 Å². The van der Waals surface area contributed by atoms with E-state index < -0.39 is 5.97 Å².